The summed E-state index contributed by atoms with van der Waals surface area (Å²) in [5.41, 5.74) is 4.29. The van der Waals surface area contributed by atoms with Crippen molar-refractivity contribution in [2.45, 2.75) is 13.5 Å². The topological polar surface area (TPSA) is 24.9 Å². The summed E-state index contributed by atoms with van der Waals surface area (Å²) in [5, 5.41) is 5.30. The minimum absolute atomic E-state index is 0.704. The highest BCUT2D eigenvalue weighted by Crippen LogP contribution is 2.26. The van der Waals surface area contributed by atoms with Crippen LogP contribution in [0.1, 0.15) is 11.3 Å². The molecule has 0 aliphatic rings. The number of nitrogens with one attached hydrogen (secondary N) is 1. The monoisotopic (exact) mass is 360 g/mol. The fourth-order valence-electron chi connectivity index (χ4n) is 2.34. The third-order valence-electron chi connectivity index (χ3n) is 3.33. The first-order valence-electron chi connectivity index (χ1n) is 6.68. The van der Waals surface area contributed by atoms with Crippen LogP contribution in [0, 0.1) is 6.92 Å². The quantitative estimate of drug-likeness (QED) is 0.659. The largest absolute Gasteiger partial charge is 0.381 e. The molecule has 0 aliphatic carbocycles. The summed E-state index contributed by atoms with van der Waals surface area (Å²) in [5.74, 6) is 0. The summed E-state index contributed by atoms with van der Waals surface area (Å²) in [6, 6.07) is 16.2. The normalized spacial score (nSPS) is 10.8. The Morgan fingerprint density at radius 3 is 2.76 bits per heavy atom. The van der Waals surface area contributed by atoms with Crippen molar-refractivity contribution in [3.63, 3.8) is 0 Å². The molecule has 1 N–H and O–H groups in total. The third-order valence-corrected chi connectivity index (χ3v) is 4.56. The van der Waals surface area contributed by atoms with E-state index in [1.54, 1.807) is 0 Å². The van der Waals surface area contributed by atoms with Crippen LogP contribution in [0.3, 0.4) is 0 Å². The Hall–Kier alpha value is -1.58. The number of anilines is 1. The Labute approximate surface area is 137 Å². The van der Waals surface area contributed by atoms with Crippen LogP contribution in [-0.2, 0) is 6.54 Å². The molecule has 2 nitrogen and oxygen atoms in total. The average Bonchev–Trinajstić information content (AvgIpc) is 2.48. The fraction of sp³-hybridized carbons (Fsp3) is 0.118. The number of pyridine rings is 1. The molecule has 21 heavy (non-hydrogen) atoms. The molecule has 3 rings (SSSR count). The maximum atomic E-state index is 6.12. The summed E-state index contributed by atoms with van der Waals surface area (Å²) in [7, 11) is 0. The molecule has 1 heterocycles. The van der Waals surface area contributed by atoms with Crippen LogP contribution in [0.25, 0.3) is 10.9 Å². The van der Waals surface area contributed by atoms with E-state index in [9.17, 15) is 0 Å². The maximum Gasteiger partial charge on any atom is 0.0708 e. The van der Waals surface area contributed by atoms with Gasteiger partial charge in [-0.2, -0.15) is 0 Å². The smallest absolute Gasteiger partial charge is 0.0708 e. The molecule has 0 radical (unpaired) electrons. The van der Waals surface area contributed by atoms with Gasteiger partial charge >= 0.3 is 0 Å². The lowest BCUT2D eigenvalue weighted by molar-refractivity contribution is 1.13. The second-order valence-corrected chi connectivity index (χ2v) is 6.18. The van der Waals surface area contributed by atoms with Gasteiger partial charge < -0.3 is 5.32 Å². The van der Waals surface area contributed by atoms with Gasteiger partial charge in [0.05, 0.1) is 10.5 Å². The molecule has 1 aromatic heterocycles. The van der Waals surface area contributed by atoms with Crippen LogP contribution in [0.15, 0.2) is 53.0 Å². The van der Waals surface area contributed by atoms with Gasteiger partial charge in [0.25, 0.3) is 0 Å². The van der Waals surface area contributed by atoms with Crippen LogP contribution in [-0.4, -0.2) is 4.98 Å². The van der Waals surface area contributed by atoms with Crippen LogP contribution < -0.4 is 5.32 Å². The highest BCUT2D eigenvalue weighted by atomic mass is 79.9. The van der Waals surface area contributed by atoms with Gasteiger partial charge in [-0.1, -0.05) is 29.8 Å². The van der Waals surface area contributed by atoms with E-state index in [4.69, 9.17) is 11.6 Å². The second-order valence-electron chi connectivity index (χ2n) is 4.92. The highest BCUT2D eigenvalue weighted by Gasteiger charge is 2.04. The van der Waals surface area contributed by atoms with Crippen LogP contribution in [0.2, 0.25) is 5.02 Å². The number of aryl methyl sites for hydroxylation is 1. The van der Waals surface area contributed by atoms with Crippen molar-refractivity contribution in [3.05, 3.63) is 69.3 Å². The molecule has 0 amide bonds. The first-order chi connectivity index (χ1) is 10.1. The van der Waals surface area contributed by atoms with Gasteiger partial charge in [-0.25, -0.2) is 0 Å². The van der Waals surface area contributed by atoms with Crippen molar-refractivity contribution >= 4 is 44.1 Å². The SMILES string of the molecule is Cc1cc(CNc2ccc(Br)c(Cl)c2)c2ccccc2n1. The van der Waals surface area contributed by atoms with Gasteiger partial charge in [0.15, 0.2) is 0 Å². The lowest BCUT2D eigenvalue weighted by atomic mass is 10.1. The highest BCUT2D eigenvalue weighted by molar-refractivity contribution is 9.10. The number of benzene rings is 2. The summed E-state index contributed by atoms with van der Waals surface area (Å²) in [6.07, 6.45) is 0. The van der Waals surface area contributed by atoms with Gasteiger partial charge in [-0.3, -0.25) is 4.98 Å². The maximum absolute atomic E-state index is 6.12. The summed E-state index contributed by atoms with van der Waals surface area (Å²) >= 11 is 9.52. The first-order valence-corrected chi connectivity index (χ1v) is 7.85. The number of aromatic nitrogens is 1. The molecule has 4 heteroatoms. The number of halogens is 2. The van der Waals surface area contributed by atoms with Crippen molar-refractivity contribution in [1.29, 1.82) is 0 Å². The molecule has 0 unspecified atom stereocenters. The molecule has 0 saturated carbocycles. The molecular weight excluding hydrogens is 348 g/mol. The Balaban J connectivity index is 1.89. The summed E-state index contributed by atoms with van der Waals surface area (Å²) < 4.78 is 0.903. The zero-order valence-corrected chi connectivity index (χ0v) is 13.9. The number of rotatable bonds is 3. The number of hydrogen-bond acceptors (Lipinski definition) is 2. The van der Waals surface area contributed by atoms with Crippen molar-refractivity contribution in [2.75, 3.05) is 5.32 Å². The van der Waals surface area contributed by atoms with Gasteiger partial charge in [0, 0.05) is 27.8 Å². The Morgan fingerprint density at radius 2 is 1.95 bits per heavy atom. The van der Waals surface area contributed by atoms with Crippen molar-refractivity contribution < 1.29 is 0 Å². The van der Waals surface area contributed by atoms with E-state index >= 15 is 0 Å². The van der Waals surface area contributed by atoms with Crippen molar-refractivity contribution in [1.82, 2.24) is 4.98 Å². The number of fused-ring (bicyclic) bond motifs is 1. The van der Waals surface area contributed by atoms with Crippen LogP contribution in [0.5, 0.6) is 0 Å². The molecule has 106 valence electrons. The van der Waals surface area contributed by atoms with E-state index in [0.717, 1.165) is 27.9 Å². The predicted octanol–water partition coefficient (Wildman–Crippen LogP) is 5.57. The van der Waals surface area contributed by atoms with Crippen LogP contribution in [0.4, 0.5) is 5.69 Å². The van der Waals surface area contributed by atoms with E-state index in [2.05, 4.69) is 38.4 Å². The van der Waals surface area contributed by atoms with Gasteiger partial charge in [-0.05, 0) is 58.7 Å². The Kier molecular flexibility index (Phi) is 4.13. The van der Waals surface area contributed by atoms with E-state index < -0.39 is 0 Å². The number of nitrogens with zero attached hydrogens (tertiary/aromatic N) is 1. The molecule has 0 spiro atoms. The minimum atomic E-state index is 0.704. The second kappa shape index (κ2) is 6.04. The lowest BCUT2D eigenvalue weighted by Gasteiger charge is -2.11. The molecule has 2 aromatic carbocycles. The zero-order chi connectivity index (χ0) is 14.8. The molecule has 0 fully saturated rings. The minimum Gasteiger partial charge on any atom is -0.381 e. The average molecular weight is 362 g/mol. The Morgan fingerprint density at radius 1 is 1.14 bits per heavy atom. The van der Waals surface area contributed by atoms with Gasteiger partial charge in [0.2, 0.25) is 0 Å². The standard InChI is InChI=1S/C17H14BrClN2/c1-11-8-12(14-4-2-3-5-17(14)21-11)10-20-13-6-7-15(18)16(19)9-13/h2-9,20H,10H2,1H3. The van der Waals surface area contributed by atoms with Gasteiger partial charge in [0.1, 0.15) is 0 Å². The molecule has 0 aliphatic heterocycles. The van der Waals surface area contributed by atoms with Gasteiger partial charge in [-0.15, -0.1) is 0 Å². The van der Waals surface area contributed by atoms with E-state index in [0.29, 0.717) is 5.02 Å². The van der Waals surface area contributed by atoms with Crippen molar-refractivity contribution in [3.8, 4) is 0 Å². The van der Waals surface area contributed by atoms with Crippen LogP contribution >= 0.6 is 27.5 Å². The molecule has 3 aromatic rings. The third kappa shape index (κ3) is 3.20. The molecular formula is C17H14BrClN2. The lowest BCUT2D eigenvalue weighted by Crippen LogP contribution is -2.01. The number of hydrogen-bond donors (Lipinski definition) is 1. The molecule has 0 saturated heterocycles. The first kappa shape index (κ1) is 14.4. The predicted molar refractivity (Wildman–Crippen MR) is 93.0 cm³/mol. The molecule has 0 atom stereocenters. The number of para-hydroxylation sites is 1. The Bertz CT molecular complexity index is 802. The summed E-state index contributed by atoms with van der Waals surface area (Å²) in [6.45, 7) is 2.76. The van der Waals surface area contributed by atoms with Crippen molar-refractivity contribution in [2.24, 2.45) is 0 Å². The van der Waals surface area contributed by atoms with E-state index in [1.807, 2.05) is 43.3 Å². The summed E-state index contributed by atoms with van der Waals surface area (Å²) in [4.78, 5) is 4.56. The zero-order valence-electron chi connectivity index (χ0n) is 11.5. The van der Waals surface area contributed by atoms with E-state index in [-0.39, 0.29) is 0 Å². The molecule has 0 bridgehead atoms. The fourth-order valence-corrected chi connectivity index (χ4v) is 2.77. The van der Waals surface area contributed by atoms with E-state index in [1.165, 1.54) is 10.9 Å².